The minimum absolute atomic E-state index is 0.0347. The Labute approximate surface area is 446 Å². The summed E-state index contributed by atoms with van der Waals surface area (Å²) in [4.78, 5) is 4.83. The summed E-state index contributed by atoms with van der Waals surface area (Å²) in [6.45, 7) is 14.1. The van der Waals surface area contributed by atoms with E-state index in [1.807, 2.05) is 6.20 Å². The van der Waals surface area contributed by atoms with Crippen molar-refractivity contribution in [1.82, 2.24) is 14.1 Å². The molecule has 3 aromatic heterocycles. The summed E-state index contributed by atoms with van der Waals surface area (Å²) in [6.07, 6.45) is 4.10. The first-order chi connectivity index (χ1) is 37.5. The zero-order valence-corrected chi connectivity index (χ0v) is 44.0. The van der Waals surface area contributed by atoms with Gasteiger partial charge in [-0.3, -0.25) is 4.98 Å². The van der Waals surface area contributed by atoms with Crippen LogP contribution in [0.4, 0.5) is 0 Å². The zero-order chi connectivity index (χ0) is 51.4. The van der Waals surface area contributed by atoms with Gasteiger partial charge in [-0.1, -0.05) is 193 Å². The Morgan fingerprint density at radius 2 is 0.922 bits per heavy atom. The highest BCUT2D eigenvalue weighted by molar-refractivity contribution is 7.00. The fourth-order valence-electron chi connectivity index (χ4n) is 14.5. The van der Waals surface area contributed by atoms with Crippen LogP contribution in [-0.4, -0.2) is 20.8 Å². The number of rotatable bonds is 2. The number of aromatic nitrogens is 3. The van der Waals surface area contributed by atoms with E-state index in [1.54, 1.807) is 0 Å². The Kier molecular flexibility index (Phi) is 8.37. The molecule has 2 aliphatic rings. The number of benzene rings is 12. The summed E-state index contributed by atoms with van der Waals surface area (Å²) in [5.41, 5.74) is 19.1. The van der Waals surface area contributed by atoms with Gasteiger partial charge in [0.1, 0.15) is 0 Å². The lowest BCUT2D eigenvalue weighted by molar-refractivity contribution is 0.590. The predicted octanol–water partition coefficient (Wildman–Crippen LogP) is 17.3. The number of fused-ring (bicyclic) bond motifs is 24. The second-order valence-electron chi connectivity index (χ2n) is 24.2. The van der Waals surface area contributed by atoms with Crippen molar-refractivity contribution in [2.45, 2.75) is 52.4 Å². The van der Waals surface area contributed by atoms with E-state index in [4.69, 9.17) is 4.98 Å². The molecule has 5 heterocycles. The van der Waals surface area contributed by atoms with Crippen molar-refractivity contribution < 1.29 is 0 Å². The summed E-state index contributed by atoms with van der Waals surface area (Å²) in [6, 6.07) is 74.6. The van der Waals surface area contributed by atoms with E-state index in [9.17, 15) is 0 Å². The topological polar surface area (TPSA) is 22.8 Å². The number of pyridine rings is 1. The Morgan fingerprint density at radius 1 is 0.364 bits per heavy atom. The molecular weight excluding hydrogens is 930 g/mol. The van der Waals surface area contributed by atoms with Crippen LogP contribution in [0.1, 0.15) is 52.7 Å². The van der Waals surface area contributed by atoms with Gasteiger partial charge in [-0.15, -0.1) is 0 Å². The summed E-state index contributed by atoms with van der Waals surface area (Å²) in [5, 5.41) is 20.3. The van der Waals surface area contributed by atoms with Crippen molar-refractivity contribution in [3.63, 3.8) is 0 Å². The van der Waals surface area contributed by atoms with Gasteiger partial charge in [-0.05, 0) is 152 Å². The van der Waals surface area contributed by atoms with Crippen molar-refractivity contribution in [2.75, 3.05) is 0 Å². The Bertz CT molecular complexity index is 5140. The highest BCUT2D eigenvalue weighted by Gasteiger charge is 2.44. The first-order valence-corrected chi connectivity index (χ1v) is 27.4. The molecule has 3 nitrogen and oxygen atoms in total. The molecule has 0 amide bonds. The molecule has 2 aliphatic heterocycles. The molecule has 0 unspecified atom stereocenters. The second-order valence-corrected chi connectivity index (χ2v) is 24.2. The number of hydrogen-bond acceptors (Lipinski definition) is 1. The molecular formula is C73H52BN3. The third-order valence-electron chi connectivity index (χ3n) is 18.0. The van der Waals surface area contributed by atoms with Crippen LogP contribution in [0.3, 0.4) is 0 Å². The van der Waals surface area contributed by atoms with E-state index in [1.165, 1.54) is 169 Å². The van der Waals surface area contributed by atoms with E-state index in [-0.39, 0.29) is 17.5 Å². The van der Waals surface area contributed by atoms with Crippen LogP contribution >= 0.6 is 0 Å². The second kappa shape index (κ2) is 14.9. The summed E-state index contributed by atoms with van der Waals surface area (Å²) < 4.78 is 5.42. The predicted molar refractivity (Wildman–Crippen MR) is 331 cm³/mol. The third kappa shape index (κ3) is 5.64. The van der Waals surface area contributed by atoms with E-state index in [0.29, 0.717) is 0 Å². The van der Waals surface area contributed by atoms with E-state index in [0.717, 1.165) is 0 Å². The maximum absolute atomic E-state index is 4.83. The molecule has 0 N–H and O–H groups in total. The number of hydrogen-bond donors (Lipinski definition) is 0. The Hall–Kier alpha value is -8.99. The summed E-state index contributed by atoms with van der Waals surface area (Å²) in [7, 11) is 0. The highest BCUT2D eigenvalue weighted by Crippen LogP contribution is 2.50. The van der Waals surface area contributed by atoms with Gasteiger partial charge in [-0.25, -0.2) is 0 Å². The van der Waals surface area contributed by atoms with Crippen LogP contribution in [-0.2, 0) is 10.8 Å². The van der Waals surface area contributed by atoms with Gasteiger partial charge in [0.25, 0.3) is 6.71 Å². The molecule has 0 fully saturated rings. The van der Waals surface area contributed by atoms with Crippen molar-refractivity contribution in [3.05, 3.63) is 218 Å². The first kappa shape index (κ1) is 43.3. The van der Waals surface area contributed by atoms with Crippen molar-refractivity contribution in [2.24, 2.45) is 0 Å². The highest BCUT2D eigenvalue weighted by atomic mass is 15.0. The Morgan fingerprint density at radius 3 is 1.64 bits per heavy atom. The largest absolute Gasteiger partial charge is 0.310 e. The summed E-state index contributed by atoms with van der Waals surface area (Å²) in [5.74, 6) is 0. The lowest BCUT2D eigenvalue weighted by atomic mass is 9.33. The first-order valence-electron chi connectivity index (χ1n) is 27.4. The van der Waals surface area contributed by atoms with Crippen molar-refractivity contribution in [1.29, 1.82) is 0 Å². The molecule has 0 bridgehead atoms. The minimum Gasteiger partial charge on any atom is -0.310 e. The molecule has 12 aromatic carbocycles. The fraction of sp³-hybridized carbons (Fsp3) is 0.110. The third-order valence-corrected chi connectivity index (χ3v) is 18.0. The molecule has 15 aromatic rings. The van der Waals surface area contributed by atoms with Gasteiger partial charge in [0.05, 0.1) is 16.7 Å². The van der Waals surface area contributed by atoms with Gasteiger partial charge in [0.2, 0.25) is 0 Å². The molecule has 0 atom stereocenters. The van der Waals surface area contributed by atoms with Crippen LogP contribution in [0.15, 0.2) is 207 Å². The van der Waals surface area contributed by atoms with Crippen LogP contribution in [0.25, 0.3) is 142 Å². The Balaban J connectivity index is 1.16. The standard InChI is InChI=1S/C73H52BN3/c1-72(2,3)43-28-30-62-55(36-43)57-37-44(73(4,5)6)38-61-69(57)77(62)71-66-54-32-33-75-40-59(54)51-26-15-14-25-50(51)56(66)39-64-68(71)74(61)60-35-42(46-21-11-10-20-45(46)41-18-8-7-9-19-41)34-58-67-63(76(64)70(58)60)31-29-53-49-24-13-12-22-47(49)48-23-16-17-27-52(48)65(53)67/h7-40H,1-6H3. The minimum atomic E-state index is -0.118. The van der Waals surface area contributed by atoms with E-state index in [2.05, 4.69) is 251 Å². The van der Waals surface area contributed by atoms with E-state index < -0.39 is 0 Å². The molecule has 77 heavy (non-hydrogen) atoms. The SMILES string of the molecule is CC(C)(C)c1ccc2c(c1)c1cc(C(C)(C)C)cc3c1n2-c1c2c(cc4c5ccccc5c5cnccc5c14)-n1c4ccc5c6ccccc6c6ccccc6c5c4c4cc(-c5ccccc5-c5ccccc5)cc(c41)B23. The van der Waals surface area contributed by atoms with Crippen LogP contribution < -0.4 is 16.4 Å². The normalized spacial score (nSPS) is 13.3. The van der Waals surface area contributed by atoms with Crippen LogP contribution in [0.2, 0.25) is 0 Å². The maximum Gasteiger partial charge on any atom is 0.252 e. The smallest absolute Gasteiger partial charge is 0.252 e. The van der Waals surface area contributed by atoms with Crippen molar-refractivity contribution >= 4 is 131 Å². The molecule has 0 saturated carbocycles. The van der Waals surface area contributed by atoms with Gasteiger partial charge < -0.3 is 9.13 Å². The molecule has 4 heteroatoms. The molecule has 0 saturated heterocycles. The van der Waals surface area contributed by atoms with Crippen LogP contribution in [0.5, 0.6) is 0 Å². The molecule has 0 aliphatic carbocycles. The average Bonchev–Trinajstić information content (AvgIpc) is 4.22. The molecule has 362 valence electrons. The molecule has 0 radical (unpaired) electrons. The molecule has 0 spiro atoms. The lowest BCUT2D eigenvalue weighted by Crippen LogP contribution is -2.59. The quantitative estimate of drug-likeness (QED) is 0.125. The lowest BCUT2D eigenvalue weighted by Gasteiger charge is -2.36. The van der Waals surface area contributed by atoms with Gasteiger partial charge in [0.15, 0.2) is 0 Å². The van der Waals surface area contributed by atoms with E-state index >= 15 is 0 Å². The number of nitrogens with zero attached hydrogens (tertiary/aromatic N) is 3. The molecule has 17 rings (SSSR count). The summed E-state index contributed by atoms with van der Waals surface area (Å²) >= 11 is 0. The van der Waals surface area contributed by atoms with Crippen LogP contribution in [0, 0.1) is 0 Å². The van der Waals surface area contributed by atoms with Gasteiger partial charge >= 0.3 is 0 Å². The maximum atomic E-state index is 4.83. The fourth-order valence-corrected chi connectivity index (χ4v) is 14.5. The van der Waals surface area contributed by atoms with Gasteiger partial charge in [-0.2, -0.15) is 0 Å². The van der Waals surface area contributed by atoms with Crippen molar-refractivity contribution in [3.8, 4) is 33.6 Å². The van der Waals surface area contributed by atoms with Gasteiger partial charge in [0, 0.05) is 66.8 Å². The average molecular weight is 982 g/mol. The monoisotopic (exact) mass is 981 g/mol. The zero-order valence-electron chi connectivity index (χ0n) is 44.0.